The number of thiophene rings is 1. The van der Waals surface area contributed by atoms with E-state index < -0.39 is 12.6 Å². The van der Waals surface area contributed by atoms with Gasteiger partial charge < -0.3 is 9.30 Å². The second kappa shape index (κ2) is 8.05. The number of hydrogen-bond donors (Lipinski definition) is 0. The minimum Gasteiger partial charge on any atom is -0.453 e. The number of esters is 1. The number of benzene rings is 2. The van der Waals surface area contributed by atoms with Crippen molar-refractivity contribution < 1.29 is 18.7 Å². The van der Waals surface area contributed by atoms with E-state index in [0.29, 0.717) is 16.3 Å². The van der Waals surface area contributed by atoms with Gasteiger partial charge in [-0.05, 0) is 50.2 Å². The van der Waals surface area contributed by atoms with Crippen LogP contribution in [0.5, 0.6) is 0 Å². The van der Waals surface area contributed by atoms with E-state index in [1.54, 1.807) is 25.1 Å². The van der Waals surface area contributed by atoms with Crippen molar-refractivity contribution in [1.82, 2.24) is 4.57 Å². The fourth-order valence-electron chi connectivity index (χ4n) is 3.45. The first-order valence-electron chi connectivity index (χ1n) is 9.19. The van der Waals surface area contributed by atoms with Crippen LogP contribution in [-0.2, 0) is 4.74 Å². The number of nitrogens with zero attached hydrogens (tertiary/aromatic N) is 1. The molecule has 0 aliphatic rings. The summed E-state index contributed by atoms with van der Waals surface area (Å²) in [6.07, 6.45) is 0. The van der Waals surface area contributed by atoms with Crippen molar-refractivity contribution >= 4 is 44.8 Å². The first-order chi connectivity index (χ1) is 14.4. The summed E-state index contributed by atoms with van der Waals surface area (Å²) >= 11 is 7.54. The molecule has 0 aliphatic heterocycles. The van der Waals surface area contributed by atoms with Crippen molar-refractivity contribution in [1.29, 1.82) is 0 Å². The predicted molar refractivity (Wildman–Crippen MR) is 117 cm³/mol. The lowest BCUT2D eigenvalue weighted by Crippen LogP contribution is -2.14. The minimum absolute atomic E-state index is 0.280. The number of hydrogen-bond acceptors (Lipinski definition) is 4. The van der Waals surface area contributed by atoms with E-state index >= 15 is 0 Å². The van der Waals surface area contributed by atoms with Crippen molar-refractivity contribution in [3.63, 3.8) is 0 Å². The highest BCUT2D eigenvalue weighted by molar-refractivity contribution is 7.21. The fourth-order valence-corrected chi connectivity index (χ4v) is 4.85. The quantitative estimate of drug-likeness (QED) is 0.276. The SMILES string of the molecule is Cc1cc(C(=O)COC(=O)c2sc3ccccc3c2Cl)c(C)n1-c1ccc(F)cc1. The molecule has 152 valence electrons. The molecule has 2 heterocycles. The van der Waals surface area contributed by atoms with Crippen LogP contribution < -0.4 is 0 Å². The molecule has 0 radical (unpaired) electrons. The van der Waals surface area contributed by atoms with Crippen LogP contribution in [0, 0.1) is 19.7 Å². The summed E-state index contributed by atoms with van der Waals surface area (Å²) in [5, 5.41) is 1.12. The van der Waals surface area contributed by atoms with Gasteiger partial charge in [0.1, 0.15) is 10.7 Å². The number of ether oxygens (including phenoxy) is 1. The number of carbonyl (C=O) groups is 2. The average molecular weight is 442 g/mol. The third kappa shape index (κ3) is 3.64. The van der Waals surface area contributed by atoms with Crippen LogP contribution in [0.3, 0.4) is 0 Å². The van der Waals surface area contributed by atoms with Gasteiger partial charge in [-0.15, -0.1) is 11.3 Å². The van der Waals surface area contributed by atoms with Crippen LogP contribution in [-0.4, -0.2) is 22.9 Å². The summed E-state index contributed by atoms with van der Waals surface area (Å²) in [6, 6.07) is 15.2. The Morgan fingerprint density at radius 3 is 2.50 bits per heavy atom. The zero-order valence-electron chi connectivity index (χ0n) is 16.2. The summed E-state index contributed by atoms with van der Waals surface area (Å²) in [7, 11) is 0. The number of fused-ring (bicyclic) bond motifs is 1. The van der Waals surface area contributed by atoms with E-state index in [2.05, 4.69) is 0 Å². The molecule has 7 heteroatoms. The molecule has 0 aliphatic carbocycles. The van der Waals surface area contributed by atoms with E-state index in [0.717, 1.165) is 21.5 Å². The fraction of sp³-hybridized carbons (Fsp3) is 0.130. The Labute approximate surface area is 181 Å². The maximum atomic E-state index is 13.2. The van der Waals surface area contributed by atoms with E-state index in [9.17, 15) is 14.0 Å². The van der Waals surface area contributed by atoms with Crippen LogP contribution in [0.1, 0.15) is 31.4 Å². The second-order valence-electron chi connectivity index (χ2n) is 6.84. The molecule has 0 spiro atoms. The zero-order valence-corrected chi connectivity index (χ0v) is 17.8. The number of aryl methyl sites for hydroxylation is 1. The van der Waals surface area contributed by atoms with Crippen molar-refractivity contribution in [2.24, 2.45) is 0 Å². The molecule has 0 N–H and O–H groups in total. The Balaban J connectivity index is 1.53. The maximum absolute atomic E-state index is 13.2. The molecular formula is C23H17ClFNO3S. The molecule has 0 bridgehead atoms. The lowest BCUT2D eigenvalue weighted by atomic mass is 10.1. The maximum Gasteiger partial charge on any atom is 0.350 e. The lowest BCUT2D eigenvalue weighted by Gasteiger charge is -2.10. The molecule has 4 nitrogen and oxygen atoms in total. The molecule has 4 rings (SSSR count). The Morgan fingerprint density at radius 2 is 1.80 bits per heavy atom. The van der Waals surface area contributed by atoms with Gasteiger partial charge in [-0.25, -0.2) is 9.18 Å². The molecule has 0 fully saturated rings. The van der Waals surface area contributed by atoms with Crippen LogP contribution in [0.25, 0.3) is 15.8 Å². The largest absolute Gasteiger partial charge is 0.453 e. The molecule has 0 unspecified atom stereocenters. The number of ketones is 1. The molecule has 0 saturated carbocycles. The molecule has 0 amide bonds. The summed E-state index contributed by atoms with van der Waals surface area (Å²) < 4.78 is 21.2. The van der Waals surface area contributed by atoms with Crippen molar-refractivity contribution in [2.75, 3.05) is 6.61 Å². The third-order valence-electron chi connectivity index (χ3n) is 4.87. The van der Waals surface area contributed by atoms with Gasteiger partial charge in [0.15, 0.2) is 6.61 Å². The minimum atomic E-state index is -0.623. The van der Waals surface area contributed by atoms with E-state index in [-0.39, 0.29) is 16.5 Å². The van der Waals surface area contributed by atoms with Gasteiger partial charge in [0.2, 0.25) is 5.78 Å². The highest BCUT2D eigenvalue weighted by atomic mass is 35.5. The predicted octanol–water partition coefficient (Wildman–Crippen LogP) is 6.14. The first-order valence-corrected chi connectivity index (χ1v) is 10.4. The Kier molecular flexibility index (Phi) is 5.45. The topological polar surface area (TPSA) is 48.3 Å². The second-order valence-corrected chi connectivity index (χ2v) is 8.27. The molecule has 2 aromatic heterocycles. The highest BCUT2D eigenvalue weighted by Crippen LogP contribution is 2.35. The van der Waals surface area contributed by atoms with Crippen molar-refractivity contribution in [3.8, 4) is 5.69 Å². The Morgan fingerprint density at radius 1 is 1.10 bits per heavy atom. The summed E-state index contributed by atoms with van der Waals surface area (Å²) in [6.45, 7) is 3.27. The Bertz CT molecular complexity index is 1270. The van der Waals surface area contributed by atoms with Gasteiger partial charge >= 0.3 is 5.97 Å². The summed E-state index contributed by atoms with van der Waals surface area (Å²) in [4.78, 5) is 25.5. The van der Waals surface area contributed by atoms with Crippen LogP contribution in [0.4, 0.5) is 4.39 Å². The number of Topliss-reactive ketones (excluding diaryl/α,β-unsaturated/α-hetero) is 1. The summed E-state index contributed by atoms with van der Waals surface area (Å²) in [5.74, 6) is -1.27. The van der Waals surface area contributed by atoms with Gasteiger partial charge in [-0.2, -0.15) is 0 Å². The molecular weight excluding hydrogens is 425 g/mol. The van der Waals surface area contributed by atoms with Gasteiger partial charge in [-0.1, -0.05) is 29.8 Å². The van der Waals surface area contributed by atoms with Crippen molar-refractivity contribution in [3.05, 3.63) is 87.3 Å². The summed E-state index contributed by atoms with van der Waals surface area (Å²) in [5.41, 5.74) is 2.72. The van der Waals surface area contributed by atoms with Crippen LogP contribution in [0.15, 0.2) is 54.6 Å². The highest BCUT2D eigenvalue weighted by Gasteiger charge is 2.22. The van der Waals surface area contributed by atoms with Gasteiger partial charge in [0.05, 0.1) is 5.02 Å². The molecule has 30 heavy (non-hydrogen) atoms. The van der Waals surface area contributed by atoms with E-state index in [1.165, 1.54) is 23.5 Å². The van der Waals surface area contributed by atoms with E-state index in [4.69, 9.17) is 16.3 Å². The molecule has 0 saturated heterocycles. The number of carbonyl (C=O) groups excluding carboxylic acids is 2. The normalized spacial score (nSPS) is 11.1. The van der Waals surface area contributed by atoms with Crippen LogP contribution >= 0.6 is 22.9 Å². The third-order valence-corrected chi connectivity index (χ3v) is 6.53. The number of halogens is 2. The van der Waals surface area contributed by atoms with Crippen LogP contribution in [0.2, 0.25) is 5.02 Å². The number of aromatic nitrogens is 1. The monoisotopic (exact) mass is 441 g/mol. The Hall–Kier alpha value is -2.96. The van der Waals surface area contributed by atoms with E-state index in [1.807, 2.05) is 35.8 Å². The zero-order chi connectivity index (χ0) is 21.4. The molecule has 4 aromatic rings. The molecule has 2 aromatic carbocycles. The van der Waals surface area contributed by atoms with Gasteiger partial charge in [0.25, 0.3) is 0 Å². The lowest BCUT2D eigenvalue weighted by molar-refractivity contribution is 0.0479. The van der Waals surface area contributed by atoms with Gasteiger partial charge in [-0.3, -0.25) is 4.79 Å². The number of rotatable bonds is 5. The molecule has 0 atom stereocenters. The average Bonchev–Trinajstić information content (AvgIpc) is 3.23. The first kappa shape index (κ1) is 20.3. The smallest absolute Gasteiger partial charge is 0.350 e. The standard InChI is InChI=1S/C23H17ClFNO3S/c1-13-11-18(14(2)26(13)16-9-7-15(25)8-10-16)19(27)12-29-23(28)22-21(24)17-5-3-4-6-20(17)30-22/h3-11H,12H2,1-2H3. The van der Waals surface area contributed by atoms with Gasteiger partial charge in [0, 0.05) is 32.7 Å². The van der Waals surface area contributed by atoms with Crippen molar-refractivity contribution in [2.45, 2.75) is 13.8 Å².